The molecule has 2 atom stereocenters. The molecule has 1 aliphatic rings. The first-order valence-electron chi connectivity index (χ1n) is 6.70. The summed E-state index contributed by atoms with van der Waals surface area (Å²) < 4.78 is 0. The Hall–Kier alpha value is -1.23. The average molecular weight is 273 g/mol. The fourth-order valence-electron chi connectivity index (χ4n) is 2.91. The maximum Gasteiger partial charge on any atom is 0.0515 e. The molecule has 1 aliphatic heterocycles. The number of thiophene rings is 1. The lowest BCUT2D eigenvalue weighted by atomic mass is 9.98. The second-order valence-electron chi connectivity index (χ2n) is 5.18. The monoisotopic (exact) mass is 273 g/mol. The van der Waals surface area contributed by atoms with E-state index in [4.69, 9.17) is 5.73 Å². The number of pyridine rings is 1. The van der Waals surface area contributed by atoms with E-state index >= 15 is 0 Å². The second kappa shape index (κ2) is 5.41. The lowest BCUT2D eigenvalue weighted by Gasteiger charge is -2.36. The van der Waals surface area contributed by atoms with E-state index in [1.165, 1.54) is 16.0 Å². The molecule has 3 rings (SSSR count). The molecule has 0 radical (unpaired) electrons. The van der Waals surface area contributed by atoms with Crippen molar-refractivity contribution < 1.29 is 0 Å². The van der Waals surface area contributed by atoms with Crippen LogP contribution in [0.1, 0.15) is 29.0 Å². The molecular weight excluding hydrogens is 254 g/mol. The van der Waals surface area contributed by atoms with E-state index in [0.29, 0.717) is 0 Å². The Balaban J connectivity index is 1.87. The molecular formula is C15H19N3S. The fraction of sp³-hybridized carbons (Fsp3) is 0.400. The maximum absolute atomic E-state index is 6.23. The quantitative estimate of drug-likeness (QED) is 0.934. The van der Waals surface area contributed by atoms with Gasteiger partial charge in [-0.1, -0.05) is 6.07 Å². The molecule has 2 N–H and O–H groups in total. The highest BCUT2D eigenvalue weighted by atomic mass is 32.1. The summed E-state index contributed by atoms with van der Waals surface area (Å²) in [4.78, 5) is 8.25. The minimum atomic E-state index is 0.101. The molecule has 4 heteroatoms. The van der Waals surface area contributed by atoms with Gasteiger partial charge in [-0.2, -0.15) is 0 Å². The van der Waals surface area contributed by atoms with Crippen molar-refractivity contribution in [3.8, 4) is 0 Å². The molecule has 19 heavy (non-hydrogen) atoms. The number of nitrogens with two attached hydrogens (primary N) is 1. The number of nitrogens with zero attached hydrogens (tertiary/aromatic N) is 2. The largest absolute Gasteiger partial charge is 0.326 e. The molecule has 3 nitrogen and oxygen atoms in total. The van der Waals surface area contributed by atoms with E-state index in [1.807, 2.05) is 29.8 Å². The van der Waals surface area contributed by atoms with Crippen molar-refractivity contribution in [1.29, 1.82) is 0 Å². The first kappa shape index (κ1) is 12.8. The fourth-order valence-corrected chi connectivity index (χ4v) is 3.80. The van der Waals surface area contributed by atoms with Gasteiger partial charge in [-0.05, 0) is 42.0 Å². The van der Waals surface area contributed by atoms with Crippen molar-refractivity contribution in [1.82, 2.24) is 9.88 Å². The van der Waals surface area contributed by atoms with Crippen LogP contribution in [-0.2, 0) is 13.0 Å². The highest BCUT2D eigenvalue weighted by Crippen LogP contribution is 2.31. The highest BCUT2D eigenvalue weighted by Gasteiger charge is 2.27. The van der Waals surface area contributed by atoms with Crippen LogP contribution in [0.5, 0.6) is 0 Å². The Morgan fingerprint density at radius 3 is 3.05 bits per heavy atom. The van der Waals surface area contributed by atoms with Gasteiger partial charge in [-0.25, -0.2) is 0 Å². The third kappa shape index (κ3) is 2.56. The minimum Gasteiger partial charge on any atom is -0.326 e. The molecule has 0 aliphatic carbocycles. The van der Waals surface area contributed by atoms with Crippen LogP contribution in [0.25, 0.3) is 0 Å². The SMILES string of the molecule is CC(N)C(c1cccnc1)N1CCc2sccc2C1. The molecule has 2 aromatic rings. The Labute approximate surface area is 118 Å². The van der Waals surface area contributed by atoms with Crippen molar-refractivity contribution in [2.24, 2.45) is 5.73 Å². The molecule has 0 aromatic carbocycles. The molecule has 0 spiro atoms. The first-order chi connectivity index (χ1) is 9.25. The van der Waals surface area contributed by atoms with E-state index in [1.54, 1.807) is 0 Å². The summed E-state index contributed by atoms with van der Waals surface area (Å²) in [6.07, 6.45) is 4.89. The average Bonchev–Trinajstić information content (AvgIpc) is 2.87. The van der Waals surface area contributed by atoms with Gasteiger partial charge in [0.15, 0.2) is 0 Å². The summed E-state index contributed by atoms with van der Waals surface area (Å²) in [5, 5.41) is 2.19. The third-order valence-electron chi connectivity index (χ3n) is 3.75. The van der Waals surface area contributed by atoms with E-state index < -0.39 is 0 Å². The van der Waals surface area contributed by atoms with Crippen LogP contribution in [0.2, 0.25) is 0 Å². The van der Waals surface area contributed by atoms with Crippen LogP contribution in [0, 0.1) is 0 Å². The van der Waals surface area contributed by atoms with E-state index in [2.05, 4.69) is 34.3 Å². The van der Waals surface area contributed by atoms with Gasteiger partial charge in [0.1, 0.15) is 0 Å². The molecule has 0 saturated carbocycles. The van der Waals surface area contributed by atoms with Crippen LogP contribution in [0.15, 0.2) is 36.0 Å². The highest BCUT2D eigenvalue weighted by molar-refractivity contribution is 7.10. The summed E-state index contributed by atoms with van der Waals surface area (Å²) in [6.45, 7) is 4.16. The Bertz CT molecular complexity index is 535. The predicted octanol–water partition coefficient (Wildman–Crippen LogP) is 2.59. The van der Waals surface area contributed by atoms with E-state index in [-0.39, 0.29) is 12.1 Å². The van der Waals surface area contributed by atoms with Crippen molar-refractivity contribution >= 4 is 11.3 Å². The number of fused-ring (bicyclic) bond motifs is 1. The van der Waals surface area contributed by atoms with Gasteiger partial charge < -0.3 is 5.73 Å². The molecule has 0 amide bonds. The van der Waals surface area contributed by atoms with Crippen LogP contribution >= 0.6 is 11.3 Å². The Morgan fingerprint density at radius 2 is 2.32 bits per heavy atom. The summed E-state index contributed by atoms with van der Waals surface area (Å²) in [5.74, 6) is 0. The van der Waals surface area contributed by atoms with Crippen LogP contribution < -0.4 is 5.73 Å². The Kier molecular flexibility index (Phi) is 3.64. The van der Waals surface area contributed by atoms with Gasteiger partial charge in [-0.3, -0.25) is 9.88 Å². The molecule has 0 bridgehead atoms. The summed E-state index contributed by atoms with van der Waals surface area (Å²) in [5.41, 5.74) is 8.91. The molecule has 2 unspecified atom stereocenters. The summed E-state index contributed by atoms with van der Waals surface area (Å²) in [6, 6.07) is 6.72. The van der Waals surface area contributed by atoms with Gasteiger partial charge in [-0.15, -0.1) is 11.3 Å². The number of rotatable bonds is 3. The Morgan fingerprint density at radius 1 is 1.42 bits per heavy atom. The van der Waals surface area contributed by atoms with Crippen molar-refractivity contribution in [2.75, 3.05) is 6.54 Å². The lowest BCUT2D eigenvalue weighted by molar-refractivity contribution is 0.160. The third-order valence-corrected chi connectivity index (χ3v) is 4.78. The minimum absolute atomic E-state index is 0.101. The predicted molar refractivity (Wildman–Crippen MR) is 79.1 cm³/mol. The maximum atomic E-state index is 6.23. The lowest BCUT2D eigenvalue weighted by Crippen LogP contribution is -2.41. The van der Waals surface area contributed by atoms with Gasteiger partial charge in [0.2, 0.25) is 0 Å². The topological polar surface area (TPSA) is 42.1 Å². The van der Waals surface area contributed by atoms with Crippen LogP contribution in [0.4, 0.5) is 0 Å². The molecule has 0 fully saturated rings. The molecule has 2 aromatic heterocycles. The van der Waals surface area contributed by atoms with E-state index in [9.17, 15) is 0 Å². The summed E-state index contributed by atoms with van der Waals surface area (Å²) in [7, 11) is 0. The first-order valence-corrected chi connectivity index (χ1v) is 7.58. The van der Waals surface area contributed by atoms with Gasteiger partial charge in [0.05, 0.1) is 6.04 Å². The second-order valence-corrected chi connectivity index (χ2v) is 6.18. The van der Waals surface area contributed by atoms with Crippen molar-refractivity contribution in [2.45, 2.75) is 32.0 Å². The van der Waals surface area contributed by atoms with Crippen LogP contribution in [0.3, 0.4) is 0 Å². The zero-order valence-corrected chi connectivity index (χ0v) is 11.9. The van der Waals surface area contributed by atoms with Crippen LogP contribution in [-0.4, -0.2) is 22.5 Å². The van der Waals surface area contributed by atoms with Gasteiger partial charge in [0, 0.05) is 36.4 Å². The van der Waals surface area contributed by atoms with Gasteiger partial charge >= 0.3 is 0 Å². The van der Waals surface area contributed by atoms with Gasteiger partial charge in [0.25, 0.3) is 0 Å². The smallest absolute Gasteiger partial charge is 0.0515 e. The summed E-state index contributed by atoms with van der Waals surface area (Å²) >= 11 is 1.87. The normalized spacial score (nSPS) is 18.8. The zero-order chi connectivity index (χ0) is 13.2. The number of hydrogen-bond donors (Lipinski definition) is 1. The molecule has 100 valence electrons. The zero-order valence-electron chi connectivity index (χ0n) is 11.1. The van der Waals surface area contributed by atoms with Crippen molar-refractivity contribution in [3.63, 3.8) is 0 Å². The molecule has 0 saturated heterocycles. The van der Waals surface area contributed by atoms with E-state index in [0.717, 1.165) is 19.5 Å². The standard InChI is InChI=1S/C15H19N3S/c1-11(16)15(12-3-2-6-17-9-12)18-7-4-14-13(10-18)5-8-19-14/h2-3,5-6,8-9,11,15H,4,7,10,16H2,1H3. The van der Waals surface area contributed by atoms with Crippen molar-refractivity contribution in [3.05, 3.63) is 52.0 Å². The molecule has 3 heterocycles. The number of hydrogen-bond acceptors (Lipinski definition) is 4. The number of aromatic nitrogens is 1.